The first kappa shape index (κ1) is 16.3. The number of likely N-dealkylation sites (tertiary alicyclic amines) is 1. The summed E-state index contributed by atoms with van der Waals surface area (Å²) in [5.74, 6) is 2.32. The normalized spacial score (nSPS) is 19.5. The fraction of sp³-hybridized carbons (Fsp3) is 0.588. The summed E-state index contributed by atoms with van der Waals surface area (Å²) in [5.41, 5.74) is 0.727. The lowest BCUT2D eigenvalue weighted by molar-refractivity contribution is 0.0758. The first-order valence-corrected chi connectivity index (χ1v) is 8.45. The zero-order valence-corrected chi connectivity index (χ0v) is 14.6. The number of benzene rings is 1. The minimum Gasteiger partial charge on any atom is -0.496 e. The molecule has 1 aliphatic heterocycles. The zero-order valence-electron chi connectivity index (χ0n) is 13.1. The molecular weight excluding hydrogens is 330 g/mol. The van der Waals surface area contributed by atoms with Gasteiger partial charge in [-0.25, -0.2) is 0 Å². The highest BCUT2D eigenvalue weighted by atomic mass is 79.9. The number of amides is 1. The summed E-state index contributed by atoms with van der Waals surface area (Å²) in [6.07, 6.45) is 3.44. The molecule has 0 saturated carbocycles. The fourth-order valence-corrected chi connectivity index (χ4v) is 3.51. The van der Waals surface area contributed by atoms with Crippen molar-refractivity contribution in [2.24, 2.45) is 11.8 Å². The predicted molar refractivity (Wildman–Crippen MR) is 88.8 cm³/mol. The van der Waals surface area contributed by atoms with E-state index in [1.807, 2.05) is 23.1 Å². The predicted octanol–water partition coefficient (Wildman–Crippen LogP) is 4.36. The van der Waals surface area contributed by atoms with Crippen LogP contribution in [0.1, 0.15) is 43.5 Å². The van der Waals surface area contributed by atoms with Gasteiger partial charge in [0.15, 0.2) is 0 Å². The highest BCUT2D eigenvalue weighted by Crippen LogP contribution is 2.28. The smallest absolute Gasteiger partial charge is 0.253 e. The van der Waals surface area contributed by atoms with Crippen molar-refractivity contribution >= 4 is 21.8 Å². The highest BCUT2D eigenvalue weighted by Gasteiger charge is 2.23. The zero-order chi connectivity index (χ0) is 15.4. The van der Waals surface area contributed by atoms with Gasteiger partial charge in [0.25, 0.3) is 5.91 Å². The third kappa shape index (κ3) is 4.00. The molecule has 2 rings (SSSR count). The van der Waals surface area contributed by atoms with Crippen LogP contribution in [0, 0.1) is 11.8 Å². The molecular formula is C17H24BrNO2. The third-order valence-corrected chi connectivity index (χ3v) is 5.02. The number of halogens is 1. The van der Waals surface area contributed by atoms with E-state index < -0.39 is 0 Å². The van der Waals surface area contributed by atoms with Gasteiger partial charge in [-0.3, -0.25) is 4.79 Å². The molecule has 1 unspecified atom stereocenters. The Kier molecular flexibility index (Phi) is 5.68. The monoisotopic (exact) mass is 353 g/mol. The summed E-state index contributed by atoms with van der Waals surface area (Å²) in [5, 5.41) is 0. The molecule has 3 nitrogen and oxygen atoms in total. The third-order valence-electron chi connectivity index (χ3n) is 4.40. The number of rotatable bonds is 3. The Labute approximate surface area is 135 Å². The number of carbonyl (C=O) groups is 1. The van der Waals surface area contributed by atoms with Crippen LogP contribution in [0.2, 0.25) is 0 Å². The van der Waals surface area contributed by atoms with E-state index in [0.29, 0.717) is 5.92 Å². The Hall–Kier alpha value is -1.03. The van der Waals surface area contributed by atoms with Crippen LogP contribution in [-0.4, -0.2) is 31.0 Å². The van der Waals surface area contributed by atoms with Crippen LogP contribution in [0.25, 0.3) is 0 Å². The second kappa shape index (κ2) is 7.30. The maximum absolute atomic E-state index is 12.6. The first-order valence-electron chi connectivity index (χ1n) is 7.65. The molecule has 1 aliphatic rings. The number of nitrogens with zero attached hydrogens (tertiary/aromatic N) is 1. The number of ether oxygens (including phenoxy) is 1. The summed E-state index contributed by atoms with van der Waals surface area (Å²) < 4.78 is 6.04. The Morgan fingerprint density at radius 1 is 1.33 bits per heavy atom. The van der Waals surface area contributed by atoms with Gasteiger partial charge < -0.3 is 9.64 Å². The molecule has 0 aromatic heterocycles. The van der Waals surface area contributed by atoms with Crippen LogP contribution >= 0.6 is 15.9 Å². The van der Waals surface area contributed by atoms with Gasteiger partial charge in [-0.05, 0) is 65.2 Å². The largest absolute Gasteiger partial charge is 0.496 e. The van der Waals surface area contributed by atoms with Crippen LogP contribution in [0.15, 0.2) is 22.7 Å². The molecule has 1 atom stereocenters. The average molecular weight is 354 g/mol. The molecule has 116 valence electrons. The summed E-state index contributed by atoms with van der Waals surface area (Å²) in [7, 11) is 1.63. The lowest BCUT2D eigenvalue weighted by Crippen LogP contribution is -2.32. The van der Waals surface area contributed by atoms with Crippen LogP contribution in [0.3, 0.4) is 0 Å². The van der Waals surface area contributed by atoms with E-state index in [1.165, 1.54) is 6.42 Å². The molecule has 0 radical (unpaired) electrons. The van der Waals surface area contributed by atoms with Crippen molar-refractivity contribution in [2.45, 2.75) is 33.1 Å². The van der Waals surface area contributed by atoms with Crippen LogP contribution in [-0.2, 0) is 0 Å². The quantitative estimate of drug-likeness (QED) is 0.807. The highest BCUT2D eigenvalue weighted by molar-refractivity contribution is 9.10. The molecule has 4 heteroatoms. The number of hydrogen-bond acceptors (Lipinski definition) is 2. The van der Waals surface area contributed by atoms with Crippen molar-refractivity contribution in [3.8, 4) is 5.75 Å². The fourth-order valence-electron chi connectivity index (χ4n) is 2.97. The van der Waals surface area contributed by atoms with E-state index in [-0.39, 0.29) is 5.91 Å². The summed E-state index contributed by atoms with van der Waals surface area (Å²) in [6.45, 7) is 6.29. The van der Waals surface area contributed by atoms with Gasteiger partial charge >= 0.3 is 0 Å². The van der Waals surface area contributed by atoms with Gasteiger partial charge in [0.05, 0.1) is 11.6 Å². The van der Waals surface area contributed by atoms with Gasteiger partial charge in [-0.1, -0.05) is 13.8 Å². The molecule has 21 heavy (non-hydrogen) atoms. The van der Waals surface area contributed by atoms with Crippen LogP contribution < -0.4 is 4.74 Å². The second-order valence-corrected chi connectivity index (χ2v) is 6.93. The van der Waals surface area contributed by atoms with E-state index in [2.05, 4.69) is 29.8 Å². The molecule has 1 aromatic carbocycles. The van der Waals surface area contributed by atoms with Crippen LogP contribution in [0.5, 0.6) is 5.75 Å². The maximum Gasteiger partial charge on any atom is 0.253 e. The standard InChI is InChI=1S/C17H24BrNO2/c1-12(2)13-5-4-9-19(10-8-13)17(20)14-6-7-16(21-3)15(18)11-14/h6-7,11-13H,4-5,8-10H2,1-3H3. The molecule has 1 aromatic rings. The van der Waals surface area contributed by atoms with Crippen molar-refractivity contribution in [3.63, 3.8) is 0 Å². The van der Waals surface area contributed by atoms with Crippen molar-refractivity contribution in [2.75, 3.05) is 20.2 Å². The molecule has 0 bridgehead atoms. The number of hydrogen-bond donors (Lipinski definition) is 0. The Balaban J connectivity index is 2.07. The minimum absolute atomic E-state index is 0.128. The van der Waals surface area contributed by atoms with E-state index in [9.17, 15) is 4.79 Å². The van der Waals surface area contributed by atoms with E-state index in [0.717, 1.165) is 47.6 Å². The maximum atomic E-state index is 12.6. The van der Waals surface area contributed by atoms with E-state index >= 15 is 0 Å². The molecule has 1 fully saturated rings. The topological polar surface area (TPSA) is 29.5 Å². The second-order valence-electron chi connectivity index (χ2n) is 6.08. The Morgan fingerprint density at radius 3 is 2.71 bits per heavy atom. The van der Waals surface area contributed by atoms with Crippen LogP contribution in [0.4, 0.5) is 0 Å². The molecule has 0 spiro atoms. The summed E-state index contributed by atoms with van der Waals surface area (Å²) >= 11 is 3.45. The SMILES string of the molecule is COc1ccc(C(=O)N2CCCC(C(C)C)CC2)cc1Br. The van der Waals surface area contributed by atoms with Gasteiger partial charge in [0, 0.05) is 18.7 Å². The lowest BCUT2D eigenvalue weighted by Gasteiger charge is -2.22. The van der Waals surface area contributed by atoms with Crippen molar-refractivity contribution < 1.29 is 9.53 Å². The van der Waals surface area contributed by atoms with Crippen molar-refractivity contribution in [3.05, 3.63) is 28.2 Å². The first-order chi connectivity index (χ1) is 10.0. The van der Waals surface area contributed by atoms with E-state index in [1.54, 1.807) is 7.11 Å². The molecule has 0 N–H and O–H groups in total. The summed E-state index contributed by atoms with van der Waals surface area (Å²) in [6, 6.07) is 5.54. The van der Waals surface area contributed by atoms with E-state index in [4.69, 9.17) is 4.74 Å². The lowest BCUT2D eigenvalue weighted by atomic mass is 9.89. The number of carbonyl (C=O) groups excluding carboxylic acids is 1. The Morgan fingerprint density at radius 2 is 2.10 bits per heavy atom. The van der Waals surface area contributed by atoms with Gasteiger partial charge in [-0.15, -0.1) is 0 Å². The molecule has 1 amide bonds. The van der Waals surface area contributed by atoms with Crippen molar-refractivity contribution in [1.82, 2.24) is 4.90 Å². The van der Waals surface area contributed by atoms with Crippen molar-refractivity contribution in [1.29, 1.82) is 0 Å². The number of methoxy groups -OCH3 is 1. The summed E-state index contributed by atoms with van der Waals surface area (Å²) in [4.78, 5) is 14.6. The molecule has 1 saturated heterocycles. The molecule has 0 aliphatic carbocycles. The minimum atomic E-state index is 0.128. The van der Waals surface area contributed by atoms with Gasteiger partial charge in [0.1, 0.15) is 5.75 Å². The van der Waals surface area contributed by atoms with Gasteiger partial charge in [0.2, 0.25) is 0 Å². The Bertz CT molecular complexity index is 502. The van der Waals surface area contributed by atoms with Gasteiger partial charge in [-0.2, -0.15) is 0 Å². The average Bonchev–Trinajstić information content (AvgIpc) is 2.72. The molecule has 1 heterocycles.